The molecule has 0 aromatic rings. The SMILES string of the molecule is CC(C)(C)[Si](C)(C)O[C@H]1C[C@H]2C=C[C@@H](C1)O2. The van der Waals surface area contributed by atoms with Gasteiger partial charge in [-0.25, -0.2) is 0 Å². The van der Waals surface area contributed by atoms with Gasteiger partial charge in [-0.3, -0.25) is 0 Å². The van der Waals surface area contributed by atoms with E-state index in [1.165, 1.54) is 0 Å². The Morgan fingerprint density at radius 1 is 1.12 bits per heavy atom. The van der Waals surface area contributed by atoms with Crippen molar-refractivity contribution in [3.63, 3.8) is 0 Å². The standard InChI is InChI=1S/C13H24O2Si/c1-13(2,3)16(4,5)15-12-8-10-6-7-11(9-12)14-10/h6-7,10-12H,8-9H2,1-5H3/t10-,11+,12+. The van der Waals surface area contributed by atoms with Crippen LogP contribution in [0.1, 0.15) is 33.6 Å². The molecule has 2 rings (SSSR count). The van der Waals surface area contributed by atoms with Crippen molar-refractivity contribution in [2.75, 3.05) is 0 Å². The zero-order valence-corrected chi connectivity index (χ0v) is 12.1. The third kappa shape index (κ3) is 2.41. The first-order valence-electron chi connectivity index (χ1n) is 6.29. The average molecular weight is 240 g/mol. The molecule has 0 aliphatic carbocycles. The van der Waals surface area contributed by atoms with Crippen LogP contribution in [0.5, 0.6) is 0 Å². The monoisotopic (exact) mass is 240 g/mol. The molecule has 2 bridgehead atoms. The summed E-state index contributed by atoms with van der Waals surface area (Å²) >= 11 is 0. The van der Waals surface area contributed by atoms with Crippen LogP contribution in [0.15, 0.2) is 12.2 Å². The second-order valence-electron chi connectivity index (χ2n) is 6.57. The zero-order chi connectivity index (χ0) is 12.0. The van der Waals surface area contributed by atoms with Gasteiger partial charge in [0, 0.05) is 12.8 Å². The van der Waals surface area contributed by atoms with Crippen LogP contribution in [0, 0.1) is 0 Å². The van der Waals surface area contributed by atoms with Gasteiger partial charge in [0.15, 0.2) is 8.32 Å². The van der Waals surface area contributed by atoms with Crippen LogP contribution in [0.4, 0.5) is 0 Å². The van der Waals surface area contributed by atoms with Crippen LogP contribution in [0.3, 0.4) is 0 Å². The first-order chi connectivity index (χ1) is 7.28. The molecule has 0 unspecified atom stereocenters. The number of rotatable bonds is 2. The molecule has 0 amide bonds. The first-order valence-corrected chi connectivity index (χ1v) is 9.20. The average Bonchev–Trinajstić information content (AvgIpc) is 2.43. The Hall–Kier alpha value is -0.123. The number of fused-ring (bicyclic) bond motifs is 2. The van der Waals surface area contributed by atoms with E-state index in [1.807, 2.05) is 0 Å². The van der Waals surface area contributed by atoms with E-state index in [0.29, 0.717) is 23.4 Å². The van der Waals surface area contributed by atoms with Gasteiger partial charge in [0.2, 0.25) is 0 Å². The summed E-state index contributed by atoms with van der Waals surface area (Å²) in [4.78, 5) is 0. The van der Waals surface area contributed by atoms with E-state index < -0.39 is 8.32 Å². The fraction of sp³-hybridized carbons (Fsp3) is 0.846. The highest BCUT2D eigenvalue weighted by Crippen LogP contribution is 2.40. The predicted octanol–water partition coefficient (Wildman–Crippen LogP) is 3.49. The molecule has 3 heteroatoms. The summed E-state index contributed by atoms with van der Waals surface area (Å²) in [5, 5.41) is 0.303. The maximum atomic E-state index is 6.44. The van der Waals surface area contributed by atoms with E-state index in [2.05, 4.69) is 46.0 Å². The molecule has 2 heterocycles. The third-order valence-corrected chi connectivity index (χ3v) is 8.68. The number of hydrogen-bond donors (Lipinski definition) is 0. The summed E-state index contributed by atoms with van der Waals surface area (Å²) in [6.45, 7) is 11.6. The highest BCUT2D eigenvalue weighted by Gasteiger charge is 2.41. The molecule has 0 saturated carbocycles. The second kappa shape index (κ2) is 3.97. The van der Waals surface area contributed by atoms with E-state index in [-0.39, 0.29) is 0 Å². The molecule has 0 radical (unpaired) electrons. The van der Waals surface area contributed by atoms with Crippen LogP contribution in [-0.4, -0.2) is 26.6 Å². The van der Waals surface area contributed by atoms with Gasteiger partial charge in [-0.2, -0.15) is 0 Å². The van der Waals surface area contributed by atoms with Gasteiger partial charge < -0.3 is 9.16 Å². The summed E-state index contributed by atoms with van der Waals surface area (Å²) in [6, 6.07) is 0. The molecule has 0 N–H and O–H groups in total. The number of ether oxygens (including phenoxy) is 1. The third-order valence-electron chi connectivity index (χ3n) is 4.15. The van der Waals surface area contributed by atoms with E-state index >= 15 is 0 Å². The van der Waals surface area contributed by atoms with Gasteiger partial charge in [-0.15, -0.1) is 0 Å². The van der Waals surface area contributed by atoms with Crippen molar-refractivity contribution < 1.29 is 9.16 Å². The maximum Gasteiger partial charge on any atom is 0.192 e. The van der Waals surface area contributed by atoms with Crippen LogP contribution < -0.4 is 0 Å². The minimum atomic E-state index is -1.61. The fourth-order valence-corrected chi connectivity index (χ4v) is 3.51. The lowest BCUT2D eigenvalue weighted by Crippen LogP contribution is -2.46. The Kier molecular flexibility index (Phi) is 3.06. The number of hydrogen-bond acceptors (Lipinski definition) is 2. The molecular formula is C13H24O2Si. The lowest BCUT2D eigenvalue weighted by Gasteiger charge is -2.41. The Bertz CT molecular complexity index is 277. The van der Waals surface area contributed by atoms with E-state index in [4.69, 9.17) is 9.16 Å². The van der Waals surface area contributed by atoms with Crippen molar-refractivity contribution in [3.8, 4) is 0 Å². The van der Waals surface area contributed by atoms with Gasteiger partial charge >= 0.3 is 0 Å². The highest BCUT2D eigenvalue weighted by molar-refractivity contribution is 6.74. The van der Waals surface area contributed by atoms with E-state index in [9.17, 15) is 0 Å². The van der Waals surface area contributed by atoms with Crippen molar-refractivity contribution >= 4 is 8.32 Å². The Labute approximate surface area is 100 Å². The molecule has 92 valence electrons. The summed E-state index contributed by atoms with van der Waals surface area (Å²) in [5.41, 5.74) is 0. The smallest absolute Gasteiger partial charge is 0.192 e. The molecule has 2 aliphatic heterocycles. The van der Waals surface area contributed by atoms with Crippen LogP contribution in [0.25, 0.3) is 0 Å². The molecule has 0 aromatic carbocycles. The van der Waals surface area contributed by atoms with Gasteiger partial charge in [-0.1, -0.05) is 32.9 Å². The molecule has 3 atom stereocenters. The largest absolute Gasteiger partial charge is 0.414 e. The molecule has 2 aliphatic rings. The second-order valence-corrected chi connectivity index (χ2v) is 11.3. The quantitative estimate of drug-likeness (QED) is 0.543. The lowest BCUT2D eigenvalue weighted by molar-refractivity contribution is -0.0362. The van der Waals surface area contributed by atoms with Gasteiger partial charge in [0.1, 0.15) is 0 Å². The Morgan fingerprint density at radius 2 is 1.62 bits per heavy atom. The lowest BCUT2D eigenvalue weighted by atomic mass is 10.1. The molecule has 0 spiro atoms. The van der Waals surface area contributed by atoms with Crippen molar-refractivity contribution in [2.45, 2.75) is 70.1 Å². The van der Waals surface area contributed by atoms with E-state index in [1.54, 1.807) is 0 Å². The molecule has 2 nitrogen and oxygen atoms in total. The van der Waals surface area contributed by atoms with Crippen molar-refractivity contribution in [1.82, 2.24) is 0 Å². The summed E-state index contributed by atoms with van der Waals surface area (Å²) < 4.78 is 12.2. The molecule has 16 heavy (non-hydrogen) atoms. The highest BCUT2D eigenvalue weighted by atomic mass is 28.4. The zero-order valence-electron chi connectivity index (χ0n) is 11.1. The normalized spacial score (nSPS) is 34.4. The van der Waals surface area contributed by atoms with Crippen molar-refractivity contribution in [1.29, 1.82) is 0 Å². The van der Waals surface area contributed by atoms with Crippen LogP contribution in [0.2, 0.25) is 18.1 Å². The van der Waals surface area contributed by atoms with Crippen molar-refractivity contribution in [2.24, 2.45) is 0 Å². The summed E-state index contributed by atoms with van der Waals surface area (Å²) in [7, 11) is -1.61. The minimum Gasteiger partial charge on any atom is -0.414 e. The van der Waals surface area contributed by atoms with Crippen LogP contribution >= 0.6 is 0 Å². The minimum absolute atomic E-state index is 0.303. The van der Waals surface area contributed by atoms with Gasteiger partial charge in [-0.05, 0) is 18.1 Å². The topological polar surface area (TPSA) is 18.5 Å². The van der Waals surface area contributed by atoms with E-state index in [0.717, 1.165) is 12.8 Å². The fourth-order valence-electron chi connectivity index (χ4n) is 2.14. The Morgan fingerprint density at radius 3 is 2.06 bits per heavy atom. The molecule has 1 fully saturated rings. The van der Waals surface area contributed by atoms with Crippen LogP contribution in [-0.2, 0) is 9.16 Å². The maximum absolute atomic E-state index is 6.44. The summed E-state index contributed by atoms with van der Waals surface area (Å²) in [5.74, 6) is 0. The van der Waals surface area contributed by atoms with Crippen molar-refractivity contribution in [3.05, 3.63) is 12.2 Å². The first kappa shape index (κ1) is 12.3. The molecule has 1 saturated heterocycles. The summed E-state index contributed by atoms with van der Waals surface area (Å²) in [6.07, 6.45) is 7.50. The molecular weight excluding hydrogens is 216 g/mol. The van der Waals surface area contributed by atoms with Gasteiger partial charge in [0.25, 0.3) is 0 Å². The predicted molar refractivity (Wildman–Crippen MR) is 69.1 cm³/mol. The molecule has 0 aromatic heterocycles. The van der Waals surface area contributed by atoms with Gasteiger partial charge in [0.05, 0.1) is 18.3 Å². The Balaban J connectivity index is 1.96.